The van der Waals surface area contributed by atoms with E-state index in [1.165, 1.54) is 30.8 Å². The van der Waals surface area contributed by atoms with Crippen molar-refractivity contribution >= 4 is 46.9 Å². The zero-order chi connectivity index (χ0) is 21.1. The monoisotopic (exact) mass is 447 g/mol. The minimum Gasteiger partial charge on any atom is -0.457 e. The lowest BCUT2D eigenvalue weighted by molar-refractivity contribution is -0.150. The molecule has 3 aliphatic rings. The van der Waals surface area contributed by atoms with Gasteiger partial charge in [-0.25, -0.2) is 0 Å². The predicted molar refractivity (Wildman–Crippen MR) is 122 cm³/mol. The molecular weight excluding hydrogens is 418 g/mol. The van der Waals surface area contributed by atoms with Gasteiger partial charge in [0.25, 0.3) is 0 Å². The maximum absolute atomic E-state index is 12.7. The molecule has 1 unspecified atom stereocenters. The van der Waals surface area contributed by atoms with Crippen LogP contribution in [-0.2, 0) is 14.3 Å². The van der Waals surface area contributed by atoms with E-state index in [-0.39, 0.29) is 30.2 Å². The van der Waals surface area contributed by atoms with Crippen LogP contribution < -0.4 is 5.32 Å². The number of carbonyl (C=O) groups is 3. The highest BCUT2D eigenvalue weighted by molar-refractivity contribution is 8.21. The first-order valence-electron chi connectivity index (χ1n) is 10.9. The minimum atomic E-state index is -0.222. The molecule has 1 aromatic rings. The van der Waals surface area contributed by atoms with Crippen LogP contribution in [0.3, 0.4) is 0 Å². The molecule has 2 bridgehead atoms. The third kappa shape index (κ3) is 4.42. The molecule has 1 aromatic carbocycles. The number of rotatable bonds is 6. The first-order chi connectivity index (χ1) is 14.5. The number of hydrogen-bond donors (Lipinski definition) is 1. The maximum Gasteiger partial charge on any atom is 0.309 e. The second-order valence-electron chi connectivity index (χ2n) is 8.42. The molecule has 5 nitrogen and oxygen atoms in total. The maximum atomic E-state index is 12.7. The number of Topliss-reactive ketones (excluding diaryl/α,β-unsaturated/α-hetero) is 1. The molecule has 0 aromatic heterocycles. The number of hydrogen-bond acceptors (Lipinski definition) is 6. The Morgan fingerprint density at radius 1 is 1.07 bits per heavy atom. The van der Waals surface area contributed by atoms with Gasteiger partial charge in [0.05, 0.1) is 10.00 Å². The van der Waals surface area contributed by atoms with Gasteiger partial charge in [-0.1, -0.05) is 13.3 Å². The van der Waals surface area contributed by atoms with Crippen LogP contribution in [0.1, 0.15) is 55.8 Å². The lowest BCUT2D eigenvalue weighted by Gasteiger charge is -2.51. The normalized spacial score (nSPS) is 26.9. The van der Waals surface area contributed by atoms with Gasteiger partial charge >= 0.3 is 5.97 Å². The summed E-state index contributed by atoms with van der Waals surface area (Å²) in [6.45, 7) is 1.56. The zero-order valence-corrected chi connectivity index (χ0v) is 19.0. The highest BCUT2D eigenvalue weighted by atomic mass is 32.2. The number of anilines is 1. The highest BCUT2D eigenvalue weighted by Gasteiger charge is 2.55. The van der Waals surface area contributed by atoms with E-state index in [1.807, 2.05) is 0 Å². The summed E-state index contributed by atoms with van der Waals surface area (Å²) in [6, 6.07) is 6.71. The number of ketones is 1. The fourth-order valence-electron chi connectivity index (χ4n) is 5.13. The summed E-state index contributed by atoms with van der Waals surface area (Å²) in [6.07, 6.45) is 5.89. The van der Waals surface area contributed by atoms with Crippen LogP contribution in [0.25, 0.3) is 0 Å². The topological polar surface area (TPSA) is 72.5 Å². The molecule has 1 heterocycles. The van der Waals surface area contributed by atoms with Gasteiger partial charge in [0.1, 0.15) is 0 Å². The van der Waals surface area contributed by atoms with Crippen LogP contribution in [0.15, 0.2) is 24.3 Å². The fraction of sp³-hybridized carbons (Fsp3) is 0.609. The molecule has 1 N–H and O–H groups in total. The molecule has 30 heavy (non-hydrogen) atoms. The smallest absolute Gasteiger partial charge is 0.309 e. The van der Waals surface area contributed by atoms with Crippen molar-refractivity contribution in [3.05, 3.63) is 29.8 Å². The van der Waals surface area contributed by atoms with Gasteiger partial charge in [0.15, 0.2) is 12.4 Å². The number of ether oxygens (including phenoxy) is 1. The fourth-order valence-corrected chi connectivity index (χ4v) is 9.07. The van der Waals surface area contributed by atoms with E-state index in [0.717, 1.165) is 12.8 Å². The number of amides is 1. The molecule has 7 heteroatoms. The minimum absolute atomic E-state index is 0.0727. The highest BCUT2D eigenvalue weighted by Crippen LogP contribution is 2.64. The molecule has 2 aliphatic carbocycles. The summed E-state index contributed by atoms with van der Waals surface area (Å²) in [5.41, 5.74) is 1.14. The van der Waals surface area contributed by atoms with Crippen molar-refractivity contribution in [2.75, 3.05) is 23.4 Å². The average Bonchev–Trinajstić information content (AvgIpc) is 3.21. The molecule has 1 aliphatic heterocycles. The number of nitrogens with one attached hydrogen (secondary N) is 1. The Morgan fingerprint density at radius 3 is 2.30 bits per heavy atom. The standard InChI is InChI=1S/C23H29NO4S2/c1-2-21(26)24-19-8-6-15(7-9-19)20(25)14-28-22(27)16-12-17-4-3-5-18(13-16)23(17)29-10-11-30-23/h6-9,16-18H,2-5,10-14H2,1H3,(H,24,26)/t16?,17-,18+. The second-order valence-corrected chi connectivity index (χ2v) is 11.4. The quantitative estimate of drug-likeness (QED) is 0.501. The molecule has 2 saturated carbocycles. The number of esters is 1. The Morgan fingerprint density at radius 2 is 1.70 bits per heavy atom. The predicted octanol–water partition coefficient (Wildman–Crippen LogP) is 4.76. The number of thioether (sulfide) groups is 2. The molecule has 0 radical (unpaired) electrons. The van der Waals surface area contributed by atoms with Crippen molar-refractivity contribution in [1.82, 2.24) is 0 Å². The van der Waals surface area contributed by atoms with Gasteiger partial charge in [-0.2, -0.15) is 0 Å². The van der Waals surface area contributed by atoms with Gasteiger partial charge in [0.2, 0.25) is 5.91 Å². The summed E-state index contributed by atoms with van der Waals surface area (Å²) in [4.78, 5) is 36.6. The van der Waals surface area contributed by atoms with Crippen LogP contribution in [0, 0.1) is 17.8 Å². The summed E-state index contributed by atoms with van der Waals surface area (Å²) < 4.78 is 5.79. The van der Waals surface area contributed by atoms with Crippen molar-refractivity contribution in [3.63, 3.8) is 0 Å². The van der Waals surface area contributed by atoms with E-state index < -0.39 is 0 Å². The molecule has 1 spiro atoms. The third-order valence-corrected chi connectivity index (χ3v) is 10.6. The SMILES string of the molecule is CCC(=O)Nc1ccc(C(=O)COC(=O)C2C[C@H]3CCC[C@@H](C2)C32SCCS2)cc1. The van der Waals surface area contributed by atoms with Crippen LogP contribution in [0.5, 0.6) is 0 Å². The summed E-state index contributed by atoms with van der Waals surface area (Å²) in [7, 11) is 0. The Labute approximate surface area is 186 Å². The lowest BCUT2D eigenvalue weighted by atomic mass is 9.67. The Hall–Kier alpha value is -1.47. The van der Waals surface area contributed by atoms with Crippen molar-refractivity contribution in [1.29, 1.82) is 0 Å². The van der Waals surface area contributed by atoms with Crippen molar-refractivity contribution in [2.45, 2.75) is 49.5 Å². The van der Waals surface area contributed by atoms with Crippen LogP contribution in [-0.4, -0.2) is 39.9 Å². The summed E-state index contributed by atoms with van der Waals surface area (Å²) in [5, 5.41) is 2.75. The first-order valence-corrected chi connectivity index (χ1v) is 12.9. The van der Waals surface area contributed by atoms with Gasteiger partial charge in [-0.3, -0.25) is 14.4 Å². The lowest BCUT2D eigenvalue weighted by Crippen LogP contribution is -2.48. The van der Waals surface area contributed by atoms with Gasteiger partial charge < -0.3 is 10.1 Å². The molecule has 1 saturated heterocycles. The average molecular weight is 448 g/mol. The van der Waals surface area contributed by atoms with E-state index in [0.29, 0.717) is 33.6 Å². The molecular formula is C23H29NO4S2. The zero-order valence-electron chi connectivity index (χ0n) is 17.4. The largest absolute Gasteiger partial charge is 0.457 e. The Balaban J connectivity index is 1.30. The third-order valence-electron chi connectivity index (χ3n) is 6.61. The molecule has 4 rings (SSSR count). The number of carbonyl (C=O) groups excluding carboxylic acids is 3. The molecule has 162 valence electrons. The number of benzene rings is 1. The van der Waals surface area contributed by atoms with Crippen molar-refractivity contribution in [3.8, 4) is 0 Å². The molecule has 1 amide bonds. The molecule has 3 fully saturated rings. The first kappa shape index (κ1) is 21.8. The molecule has 3 atom stereocenters. The van der Waals surface area contributed by atoms with E-state index >= 15 is 0 Å². The van der Waals surface area contributed by atoms with Crippen LogP contribution >= 0.6 is 23.5 Å². The van der Waals surface area contributed by atoms with Crippen molar-refractivity contribution < 1.29 is 19.1 Å². The van der Waals surface area contributed by atoms with E-state index in [9.17, 15) is 14.4 Å². The van der Waals surface area contributed by atoms with E-state index in [1.54, 1.807) is 31.2 Å². The van der Waals surface area contributed by atoms with Crippen LogP contribution in [0.2, 0.25) is 0 Å². The van der Waals surface area contributed by atoms with E-state index in [4.69, 9.17) is 4.74 Å². The van der Waals surface area contributed by atoms with Crippen LogP contribution in [0.4, 0.5) is 5.69 Å². The van der Waals surface area contributed by atoms with E-state index in [2.05, 4.69) is 28.8 Å². The summed E-state index contributed by atoms with van der Waals surface area (Å²) >= 11 is 4.25. The second kappa shape index (κ2) is 9.35. The summed E-state index contributed by atoms with van der Waals surface area (Å²) in [5.74, 6) is 3.04. The van der Waals surface area contributed by atoms with Gasteiger partial charge in [-0.15, -0.1) is 23.5 Å². The van der Waals surface area contributed by atoms with Crippen molar-refractivity contribution in [2.24, 2.45) is 17.8 Å². The Kier molecular flexibility index (Phi) is 6.78. The Bertz CT molecular complexity index is 788. The van der Waals surface area contributed by atoms with Gasteiger partial charge in [-0.05, 0) is 61.8 Å². The van der Waals surface area contributed by atoms with Gasteiger partial charge in [0, 0.05) is 29.2 Å².